The van der Waals surface area contributed by atoms with Gasteiger partial charge in [-0.1, -0.05) is 12.1 Å². The zero-order chi connectivity index (χ0) is 11.2. The highest BCUT2D eigenvalue weighted by molar-refractivity contribution is 5.35. The number of ether oxygens (including phenoxy) is 2. The van der Waals surface area contributed by atoms with Gasteiger partial charge in [0.05, 0.1) is 19.8 Å². The number of isocyanates is 1. The van der Waals surface area contributed by atoms with Crippen LogP contribution in [0.4, 0.5) is 0 Å². The molecule has 1 aliphatic heterocycles. The van der Waals surface area contributed by atoms with Gasteiger partial charge < -0.3 is 9.47 Å². The minimum Gasteiger partial charge on any atom is -0.488 e. The number of nitrogens with zero attached hydrogens (tertiary/aromatic N) is 1. The van der Waals surface area contributed by atoms with Crippen molar-refractivity contribution < 1.29 is 14.3 Å². The summed E-state index contributed by atoms with van der Waals surface area (Å²) in [5.41, 5.74) is 0.944. The molecule has 2 rings (SSSR count). The second kappa shape index (κ2) is 5.45. The topological polar surface area (TPSA) is 47.9 Å². The first kappa shape index (κ1) is 10.9. The number of carbonyl (C=O) groups excluding carboxylic acids is 1. The van der Waals surface area contributed by atoms with Gasteiger partial charge in [0.15, 0.2) is 0 Å². The summed E-state index contributed by atoms with van der Waals surface area (Å²) in [6.45, 7) is 1.76. The maximum absolute atomic E-state index is 10.0. The van der Waals surface area contributed by atoms with E-state index in [1.165, 1.54) is 6.08 Å². The molecule has 1 aromatic rings. The van der Waals surface area contributed by atoms with Crippen molar-refractivity contribution in [2.24, 2.45) is 4.99 Å². The van der Waals surface area contributed by atoms with E-state index in [0.717, 1.165) is 24.3 Å². The summed E-state index contributed by atoms with van der Waals surface area (Å²) in [6.07, 6.45) is 2.59. The Hall–Kier alpha value is -1.64. The standard InChI is InChI=1S/C12H13NO3/c14-9-13-7-10-2-1-3-11(6-10)16-12-4-5-15-8-12/h1-3,6,12H,4-5,7-8H2. The van der Waals surface area contributed by atoms with Crippen molar-refractivity contribution in [3.8, 4) is 5.75 Å². The molecule has 0 saturated carbocycles. The van der Waals surface area contributed by atoms with Gasteiger partial charge in [-0.2, -0.15) is 0 Å². The smallest absolute Gasteiger partial charge is 0.235 e. The van der Waals surface area contributed by atoms with Gasteiger partial charge in [-0.25, -0.2) is 9.79 Å². The summed E-state index contributed by atoms with van der Waals surface area (Å²) in [4.78, 5) is 13.5. The molecule has 0 radical (unpaired) electrons. The van der Waals surface area contributed by atoms with Crippen LogP contribution in [0.1, 0.15) is 12.0 Å². The van der Waals surface area contributed by atoms with Crippen LogP contribution in [0.3, 0.4) is 0 Å². The average Bonchev–Trinajstić information content (AvgIpc) is 2.80. The van der Waals surface area contributed by atoms with Gasteiger partial charge in [-0.05, 0) is 17.7 Å². The molecule has 84 valence electrons. The summed E-state index contributed by atoms with van der Waals surface area (Å²) >= 11 is 0. The first-order chi connectivity index (χ1) is 7.88. The van der Waals surface area contributed by atoms with Crippen molar-refractivity contribution in [1.82, 2.24) is 0 Å². The lowest BCUT2D eigenvalue weighted by atomic mass is 10.2. The second-order valence-corrected chi connectivity index (χ2v) is 3.66. The SMILES string of the molecule is O=C=NCc1cccc(OC2CCOC2)c1. The molecule has 0 spiro atoms. The summed E-state index contributed by atoms with van der Waals surface area (Å²) in [7, 11) is 0. The number of benzene rings is 1. The van der Waals surface area contributed by atoms with Crippen LogP contribution >= 0.6 is 0 Å². The van der Waals surface area contributed by atoms with E-state index in [9.17, 15) is 4.79 Å². The van der Waals surface area contributed by atoms with Gasteiger partial charge in [0.2, 0.25) is 6.08 Å². The van der Waals surface area contributed by atoms with Crippen molar-refractivity contribution in [1.29, 1.82) is 0 Å². The molecular formula is C12H13NO3. The summed E-state index contributed by atoms with van der Waals surface area (Å²) < 4.78 is 11.0. The molecular weight excluding hydrogens is 206 g/mol. The fraction of sp³-hybridized carbons (Fsp3) is 0.417. The zero-order valence-corrected chi connectivity index (χ0v) is 8.89. The highest BCUT2D eigenvalue weighted by Crippen LogP contribution is 2.18. The average molecular weight is 219 g/mol. The predicted octanol–water partition coefficient (Wildman–Crippen LogP) is 1.69. The summed E-state index contributed by atoms with van der Waals surface area (Å²) in [5, 5.41) is 0. The van der Waals surface area contributed by atoms with Crippen molar-refractivity contribution >= 4 is 6.08 Å². The maximum atomic E-state index is 10.0. The Labute approximate surface area is 93.9 Å². The number of aliphatic imine (C=N–C) groups is 1. The third-order valence-corrected chi connectivity index (χ3v) is 2.42. The van der Waals surface area contributed by atoms with Crippen LogP contribution in [0.25, 0.3) is 0 Å². The molecule has 0 N–H and O–H groups in total. The molecule has 0 aromatic heterocycles. The van der Waals surface area contributed by atoms with Gasteiger partial charge in [-0.15, -0.1) is 0 Å². The normalized spacial score (nSPS) is 19.1. The molecule has 0 amide bonds. The minimum absolute atomic E-state index is 0.143. The molecule has 1 aromatic carbocycles. The number of rotatable bonds is 4. The van der Waals surface area contributed by atoms with Crippen LogP contribution in [0, 0.1) is 0 Å². The van der Waals surface area contributed by atoms with Crippen molar-refractivity contribution in [3.05, 3.63) is 29.8 Å². The van der Waals surface area contributed by atoms with Gasteiger partial charge in [-0.3, -0.25) is 0 Å². The van der Waals surface area contributed by atoms with Crippen molar-refractivity contribution in [2.45, 2.75) is 19.1 Å². The van der Waals surface area contributed by atoms with E-state index in [2.05, 4.69) is 4.99 Å². The van der Waals surface area contributed by atoms with Crippen molar-refractivity contribution in [2.75, 3.05) is 13.2 Å². The molecule has 1 saturated heterocycles. The molecule has 1 aliphatic rings. The second-order valence-electron chi connectivity index (χ2n) is 3.66. The largest absolute Gasteiger partial charge is 0.488 e. The van der Waals surface area contributed by atoms with Crippen LogP contribution in [0.2, 0.25) is 0 Å². The Morgan fingerprint density at radius 3 is 3.25 bits per heavy atom. The lowest BCUT2D eigenvalue weighted by molar-refractivity contribution is 0.141. The van der Waals surface area contributed by atoms with Gasteiger partial charge in [0.1, 0.15) is 11.9 Å². The fourth-order valence-corrected chi connectivity index (χ4v) is 1.64. The fourth-order valence-electron chi connectivity index (χ4n) is 1.64. The van der Waals surface area contributed by atoms with Crippen LogP contribution in [0.5, 0.6) is 5.75 Å². The van der Waals surface area contributed by atoms with E-state index in [-0.39, 0.29) is 6.10 Å². The van der Waals surface area contributed by atoms with Gasteiger partial charge in [0, 0.05) is 6.42 Å². The third kappa shape index (κ3) is 2.92. The Morgan fingerprint density at radius 1 is 1.56 bits per heavy atom. The lowest BCUT2D eigenvalue weighted by Gasteiger charge is -2.12. The van der Waals surface area contributed by atoms with Gasteiger partial charge in [0.25, 0.3) is 0 Å². The minimum atomic E-state index is 0.143. The molecule has 0 aliphatic carbocycles. The van der Waals surface area contributed by atoms with E-state index in [0.29, 0.717) is 13.2 Å². The third-order valence-electron chi connectivity index (χ3n) is 2.42. The maximum Gasteiger partial charge on any atom is 0.235 e. The molecule has 1 fully saturated rings. The molecule has 0 bridgehead atoms. The number of hydrogen-bond acceptors (Lipinski definition) is 4. The summed E-state index contributed by atoms with van der Waals surface area (Å²) in [5.74, 6) is 0.800. The number of hydrogen-bond donors (Lipinski definition) is 0. The van der Waals surface area contributed by atoms with Crippen LogP contribution in [-0.4, -0.2) is 25.4 Å². The monoisotopic (exact) mass is 219 g/mol. The quantitative estimate of drug-likeness (QED) is 0.572. The van der Waals surface area contributed by atoms with E-state index >= 15 is 0 Å². The first-order valence-electron chi connectivity index (χ1n) is 5.25. The van der Waals surface area contributed by atoms with Crippen LogP contribution in [0.15, 0.2) is 29.3 Å². The highest BCUT2D eigenvalue weighted by atomic mass is 16.5. The van der Waals surface area contributed by atoms with Crippen LogP contribution < -0.4 is 4.74 Å². The van der Waals surface area contributed by atoms with E-state index < -0.39 is 0 Å². The molecule has 1 atom stereocenters. The molecule has 4 heteroatoms. The molecule has 1 heterocycles. The molecule has 4 nitrogen and oxygen atoms in total. The Balaban J connectivity index is 2.00. The molecule has 1 unspecified atom stereocenters. The van der Waals surface area contributed by atoms with Crippen LogP contribution in [-0.2, 0) is 16.1 Å². The van der Waals surface area contributed by atoms with E-state index in [1.807, 2.05) is 24.3 Å². The van der Waals surface area contributed by atoms with Gasteiger partial charge >= 0.3 is 0 Å². The Morgan fingerprint density at radius 2 is 2.50 bits per heavy atom. The van der Waals surface area contributed by atoms with E-state index in [4.69, 9.17) is 9.47 Å². The Kier molecular flexibility index (Phi) is 3.70. The van der Waals surface area contributed by atoms with Crippen molar-refractivity contribution in [3.63, 3.8) is 0 Å². The first-order valence-corrected chi connectivity index (χ1v) is 5.25. The zero-order valence-electron chi connectivity index (χ0n) is 8.89. The predicted molar refractivity (Wildman–Crippen MR) is 58.1 cm³/mol. The highest BCUT2D eigenvalue weighted by Gasteiger charge is 2.16. The lowest BCUT2D eigenvalue weighted by Crippen LogP contribution is -2.15. The summed E-state index contributed by atoms with van der Waals surface area (Å²) in [6, 6.07) is 7.57. The molecule has 16 heavy (non-hydrogen) atoms. The van der Waals surface area contributed by atoms with E-state index in [1.54, 1.807) is 0 Å². The Bertz CT molecular complexity index is 393.